The number of aliphatic hydroxyl groups is 1. The molecule has 6 nitrogen and oxygen atoms in total. The number of fused-ring (bicyclic) bond motifs is 1. The van der Waals surface area contributed by atoms with E-state index in [4.69, 9.17) is 0 Å². The van der Waals surface area contributed by atoms with E-state index < -0.39 is 0 Å². The van der Waals surface area contributed by atoms with E-state index in [2.05, 4.69) is 33.3 Å². The standard InChI is InChI=1S/C23H21N5O/c1-15-20-9-10-26-22(20)8-7-21(15)28-23-16(12-25-13-17(23)11-24)5-6-18-3-2-4-19(14-29)27-18/h2-4,7-10,12-13,26,29H,5-6,14H2,1H3,(H,25,28). The normalized spacial score (nSPS) is 10.8. The predicted molar refractivity (Wildman–Crippen MR) is 113 cm³/mol. The average molecular weight is 383 g/mol. The molecule has 0 aliphatic heterocycles. The van der Waals surface area contributed by atoms with Gasteiger partial charge in [0.05, 0.1) is 23.6 Å². The maximum absolute atomic E-state index is 9.61. The van der Waals surface area contributed by atoms with Crippen molar-refractivity contribution in [3.63, 3.8) is 0 Å². The first-order valence-corrected chi connectivity index (χ1v) is 9.46. The molecule has 6 heteroatoms. The molecule has 0 fully saturated rings. The first-order chi connectivity index (χ1) is 14.2. The molecule has 0 saturated heterocycles. The van der Waals surface area contributed by atoms with Gasteiger partial charge in [-0.15, -0.1) is 0 Å². The molecule has 0 unspecified atom stereocenters. The lowest BCUT2D eigenvalue weighted by atomic mass is 10.0. The number of aryl methyl sites for hydroxylation is 3. The molecular weight excluding hydrogens is 362 g/mol. The molecule has 0 aliphatic carbocycles. The Morgan fingerprint density at radius 3 is 2.79 bits per heavy atom. The van der Waals surface area contributed by atoms with Crippen LogP contribution in [-0.4, -0.2) is 20.1 Å². The molecule has 0 radical (unpaired) electrons. The van der Waals surface area contributed by atoms with Crippen molar-refractivity contribution in [2.45, 2.75) is 26.4 Å². The number of rotatable bonds is 6. The van der Waals surface area contributed by atoms with Gasteiger partial charge in [0.25, 0.3) is 0 Å². The van der Waals surface area contributed by atoms with Gasteiger partial charge in [0.2, 0.25) is 0 Å². The topological polar surface area (TPSA) is 97.6 Å². The molecule has 4 rings (SSSR count). The Morgan fingerprint density at radius 2 is 1.97 bits per heavy atom. The maximum atomic E-state index is 9.61. The number of H-pyrrole nitrogens is 1. The quantitative estimate of drug-likeness (QED) is 0.464. The third-order valence-electron chi connectivity index (χ3n) is 5.09. The lowest BCUT2D eigenvalue weighted by Gasteiger charge is -2.15. The van der Waals surface area contributed by atoms with Crippen LogP contribution in [0.1, 0.15) is 28.1 Å². The van der Waals surface area contributed by atoms with Crippen molar-refractivity contribution in [3.8, 4) is 6.07 Å². The van der Waals surface area contributed by atoms with E-state index in [0.29, 0.717) is 24.1 Å². The van der Waals surface area contributed by atoms with Gasteiger partial charge in [-0.25, -0.2) is 0 Å². The van der Waals surface area contributed by atoms with Gasteiger partial charge in [-0.05, 0) is 61.2 Å². The Morgan fingerprint density at radius 1 is 1.10 bits per heavy atom. The summed E-state index contributed by atoms with van der Waals surface area (Å²) in [6, 6.07) is 14.0. The van der Waals surface area contributed by atoms with Gasteiger partial charge >= 0.3 is 0 Å². The number of pyridine rings is 2. The monoisotopic (exact) mass is 383 g/mol. The Kier molecular flexibility index (Phi) is 5.23. The number of aromatic amines is 1. The summed E-state index contributed by atoms with van der Waals surface area (Å²) in [5, 5.41) is 23.5. The average Bonchev–Trinajstić information content (AvgIpc) is 3.24. The molecule has 144 valence electrons. The van der Waals surface area contributed by atoms with Crippen molar-refractivity contribution < 1.29 is 5.11 Å². The first-order valence-electron chi connectivity index (χ1n) is 9.46. The van der Waals surface area contributed by atoms with E-state index in [-0.39, 0.29) is 6.61 Å². The summed E-state index contributed by atoms with van der Waals surface area (Å²) in [5.74, 6) is 0. The molecule has 1 aromatic carbocycles. The molecule has 29 heavy (non-hydrogen) atoms. The fourth-order valence-corrected chi connectivity index (χ4v) is 3.50. The second-order valence-corrected chi connectivity index (χ2v) is 6.91. The minimum atomic E-state index is -0.0764. The van der Waals surface area contributed by atoms with Gasteiger partial charge in [-0.1, -0.05) is 6.07 Å². The van der Waals surface area contributed by atoms with Crippen LogP contribution in [0.15, 0.2) is 55.0 Å². The smallest absolute Gasteiger partial charge is 0.103 e. The van der Waals surface area contributed by atoms with Crippen molar-refractivity contribution in [1.29, 1.82) is 5.26 Å². The zero-order chi connectivity index (χ0) is 20.2. The SMILES string of the molecule is Cc1c(Nc2c(C#N)cncc2CCc2cccc(CO)n2)ccc2[nH]ccc12. The van der Waals surface area contributed by atoms with Crippen LogP contribution in [0.3, 0.4) is 0 Å². The van der Waals surface area contributed by atoms with Crippen molar-refractivity contribution in [3.05, 3.63) is 83.1 Å². The van der Waals surface area contributed by atoms with Crippen molar-refractivity contribution in [1.82, 2.24) is 15.0 Å². The molecular formula is C23H21N5O. The third kappa shape index (κ3) is 3.82. The van der Waals surface area contributed by atoms with Crippen molar-refractivity contribution in [2.24, 2.45) is 0 Å². The molecule has 4 aromatic rings. The molecule has 0 aliphatic rings. The van der Waals surface area contributed by atoms with Crippen LogP contribution in [0.25, 0.3) is 10.9 Å². The number of aliphatic hydroxyl groups excluding tert-OH is 1. The van der Waals surface area contributed by atoms with E-state index in [1.807, 2.05) is 36.5 Å². The van der Waals surface area contributed by atoms with Crippen molar-refractivity contribution >= 4 is 22.3 Å². The summed E-state index contributed by atoms with van der Waals surface area (Å²) in [7, 11) is 0. The Balaban J connectivity index is 1.65. The van der Waals surface area contributed by atoms with Gasteiger partial charge < -0.3 is 15.4 Å². The van der Waals surface area contributed by atoms with Gasteiger partial charge in [0.1, 0.15) is 6.07 Å². The lowest BCUT2D eigenvalue weighted by Crippen LogP contribution is -2.04. The number of nitriles is 1. The third-order valence-corrected chi connectivity index (χ3v) is 5.09. The van der Waals surface area contributed by atoms with Crippen LogP contribution in [0, 0.1) is 18.3 Å². The summed E-state index contributed by atoms with van der Waals surface area (Å²) in [4.78, 5) is 11.9. The van der Waals surface area contributed by atoms with Crippen LogP contribution in [0.4, 0.5) is 11.4 Å². The molecule has 0 atom stereocenters. The first kappa shape index (κ1) is 18.7. The number of anilines is 2. The number of hydrogen-bond donors (Lipinski definition) is 3. The van der Waals surface area contributed by atoms with Crippen molar-refractivity contribution in [2.75, 3.05) is 5.32 Å². The minimum Gasteiger partial charge on any atom is -0.390 e. The van der Waals surface area contributed by atoms with E-state index in [1.54, 1.807) is 18.5 Å². The summed E-state index contributed by atoms with van der Waals surface area (Å²) in [6.45, 7) is 1.99. The maximum Gasteiger partial charge on any atom is 0.103 e. The highest BCUT2D eigenvalue weighted by Gasteiger charge is 2.13. The number of nitrogens with zero attached hydrogens (tertiary/aromatic N) is 3. The summed E-state index contributed by atoms with van der Waals surface area (Å²) in [6.07, 6.45) is 6.67. The fraction of sp³-hybridized carbons (Fsp3) is 0.174. The zero-order valence-corrected chi connectivity index (χ0v) is 16.1. The molecule has 3 aromatic heterocycles. The second-order valence-electron chi connectivity index (χ2n) is 6.91. The highest BCUT2D eigenvalue weighted by Crippen LogP contribution is 2.30. The predicted octanol–water partition coefficient (Wildman–Crippen LogP) is 4.16. The van der Waals surface area contributed by atoms with Crippen LogP contribution in [-0.2, 0) is 19.4 Å². The molecule has 0 bridgehead atoms. The van der Waals surface area contributed by atoms with Gasteiger partial charge in [-0.3, -0.25) is 9.97 Å². The Hall–Kier alpha value is -3.69. The van der Waals surface area contributed by atoms with E-state index >= 15 is 0 Å². The number of hydrogen-bond acceptors (Lipinski definition) is 5. The van der Waals surface area contributed by atoms with E-state index in [0.717, 1.165) is 39.1 Å². The van der Waals surface area contributed by atoms with Crippen LogP contribution >= 0.6 is 0 Å². The number of benzene rings is 1. The van der Waals surface area contributed by atoms with Gasteiger partial charge in [-0.2, -0.15) is 5.26 Å². The van der Waals surface area contributed by atoms with Crippen LogP contribution in [0.2, 0.25) is 0 Å². The number of nitrogens with one attached hydrogen (secondary N) is 2. The lowest BCUT2D eigenvalue weighted by molar-refractivity contribution is 0.276. The zero-order valence-electron chi connectivity index (χ0n) is 16.1. The highest BCUT2D eigenvalue weighted by molar-refractivity contribution is 5.89. The summed E-state index contributed by atoms with van der Waals surface area (Å²) in [5.41, 5.74) is 6.95. The van der Waals surface area contributed by atoms with Gasteiger partial charge in [0, 0.05) is 40.9 Å². The second kappa shape index (κ2) is 8.13. The minimum absolute atomic E-state index is 0.0764. The molecule has 3 heterocycles. The molecule has 0 saturated carbocycles. The Labute approximate surface area is 168 Å². The molecule has 3 N–H and O–H groups in total. The van der Waals surface area contributed by atoms with E-state index in [9.17, 15) is 10.4 Å². The van der Waals surface area contributed by atoms with Gasteiger partial charge in [0.15, 0.2) is 0 Å². The number of aromatic nitrogens is 3. The largest absolute Gasteiger partial charge is 0.390 e. The fourth-order valence-electron chi connectivity index (χ4n) is 3.50. The summed E-state index contributed by atoms with van der Waals surface area (Å²) >= 11 is 0. The molecule has 0 spiro atoms. The highest BCUT2D eigenvalue weighted by atomic mass is 16.3. The van der Waals surface area contributed by atoms with E-state index in [1.165, 1.54) is 0 Å². The van der Waals surface area contributed by atoms with Crippen LogP contribution in [0.5, 0.6) is 0 Å². The Bertz CT molecular complexity index is 1210. The van der Waals surface area contributed by atoms with Crippen LogP contribution < -0.4 is 5.32 Å². The molecule has 0 amide bonds. The summed E-state index contributed by atoms with van der Waals surface area (Å²) < 4.78 is 0.